The fourth-order valence-corrected chi connectivity index (χ4v) is 3.97. The first-order valence-corrected chi connectivity index (χ1v) is 10.9. The maximum atomic E-state index is 5.77. The molecule has 5 nitrogen and oxygen atoms in total. The average molecular weight is 500 g/mol. The molecule has 28 heavy (non-hydrogen) atoms. The molecule has 0 saturated carbocycles. The molecule has 2 aliphatic heterocycles. The van der Waals surface area contributed by atoms with E-state index in [0.29, 0.717) is 0 Å². The Bertz CT molecular complexity index is 590. The molecule has 0 spiro atoms. The highest BCUT2D eigenvalue weighted by Crippen LogP contribution is 2.31. The maximum absolute atomic E-state index is 5.77. The van der Waals surface area contributed by atoms with Gasteiger partial charge in [0.05, 0.1) is 12.6 Å². The fourth-order valence-electron chi connectivity index (χ4n) is 3.97. The van der Waals surface area contributed by atoms with E-state index in [4.69, 9.17) is 9.73 Å². The summed E-state index contributed by atoms with van der Waals surface area (Å²) in [6.45, 7) is 8.52. The van der Waals surface area contributed by atoms with Crippen LogP contribution in [0.15, 0.2) is 29.3 Å². The van der Waals surface area contributed by atoms with Crippen LogP contribution < -0.4 is 15.4 Å². The number of benzene rings is 1. The monoisotopic (exact) mass is 500 g/mol. The highest BCUT2D eigenvalue weighted by Gasteiger charge is 2.21. The van der Waals surface area contributed by atoms with Crippen LogP contribution in [0.1, 0.15) is 63.5 Å². The van der Waals surface area contributed by atoms with Crippen LogP contribution in [0.25, 0.3) is 0 Å². The van der Waals surface area contributed by atoms with Crippen LogP contribution in [0.3, 0.4) is 0 Å². The van der Waals surface area contributed by atoms with E-state index < -0.39 is 0 Å². The Labute approximate surface area is 187 Å². The molecule has 0 aliphatic carbocycles. The summed E-state index contributed by atoms with van der Waals surface area (Å²) in [5.41, 5.74) is 1.23. The third-order valence-electron chi connectivity index (χ3n) is 5.46. The molecule has 2 aliphatic rings. The van der Waals surface area contributed by atoms with Crippen molar-refractivity contribution in [2.45, 2.75) is 57.9 Å². The van der Waals surface area contributed by atoms with E-state index in [0.717, 1.165) is 44.2 Å². The van der Waals surface area contributed by atoms with Crippen LogP contribution in [0, 0.1) is 0 Å². The van der Waals surface area contributed by atoms with Crippen molar-refractivity contribution < 1.29 is 4.74 Å². The van der Waals surface area contributed by atoms with E-state index in [1.807, 2.05) is 6.07 Å². The van der Waals surface area contributed by atoms with Crippen molar-refractivity contribution in [1.82, 2.24) is 15.5 Å². The SMILES string of the molecule is CCNC(=NCCCCCN1CCCCC1)NC1CCOc2ccccc21.I. The van der Waals surface area contributed by atoms with Crippen LogP contribution >= 0.6 is 24.0 Å². The minimum Gasteiger partial charge on any atom is -0.493 e. The predicted molar refractivity (Wildman–Crippen MR) is 128 cm³/mol. The summed E-state index contributed by atoms with van der Waals surface area (Å²) in [5, 5.41) is 7.00. The van der Waals surface area contributed by atoms with Gasteiger partial charge in [0, 0.05) is 25.1 Å². The molecule has 1 unspecified atom stereocenters. The summed E-state index contributed by atoms with van der Waals surface area (Å²) in [6.07, 6.45) is 8.89. The van der Waals surface area contributed by atoms with Crippen molar-refractivity contribution in [3.63, 3.8) is 0 Å². The minimum atomic E-state index is 0. The van der Waals surface area contributed by atoms with Crippen molar-refractivity contribution in [2.24, 2.45) is 4.99 Å². The summed E-state index contributed by atoms with van der Waals surface area (Å²) in [5.74, 6) is 1.92. The molecule has 1 aromatic rings. The normalized spacial score (nSPS) is 19.9. The molecule has 0 bridgehead atoms. The predicted octanol–water partition coefficient (Wildman–Crippen LogP) is 4.34. The lowest BCUT2D eigenvalue weighted by atomic mass is 10.0. The second-order valence-electron chi connectivity index (χ2n) is 7.60. The lowest BCUT2D eigenvalue weighted by molar-refractivity contribution is 0.224. The van der Waals surface area contributed by atoms with Crippen molar-refractivity contribution in [3.05, 3.63) is 29.8 Å². The zero-order chi connectivity index (χ0) is 18.7. The number of piperidine rings is 1. The second-order valence-corrected chi connectivity index (χ2v) is 7.60. The quantitative estimate of drug-likeness (QED) is 0.241. The first-order chi connectivity index (χ1) is 13.4. The number of ether oxygens (including phenoxy) is 1. The third kappa shape index (κ3) is 7.43. The Hall–Kier alpha value is -1.02. The molecule has 2 N–H and O–H groups in total. The van der Waals surface area contributed by atoms with Crippen LogP contribution in [-0.4, -0.2) is 50.2 Å². The lowest BCUT2D eigenvalue weighted by Crippen LogP contribution is -2.41. The number of hydrogen-bond acceptors (Lipinski definition) is 3. The summed E-state index contributed by atoms with van der Waals surface area (Å²) in [6, 6.07) is 8.58. The van der Waals surface area contributed by atoms with E-state index in [1.54, 1.807) is 0 Å². The Morgan fingerprint density at radius 1 is 1.14 bits per heavy atom. The van der Waals surface area contributed by atoms with Gasteiger partial charge in [0.15, 0.2) is 5.96 Å². The van der Waals surface area contributed by atoms with Crippen LogP contribution in [0.2, 0.25) is 0 Å². The Kier molecular flexibility index (Phi) is 11.0. The van der Waals surface area contributed by atoms with E-state index in [-0.39, 0.29) is 30.0 Å². The molecular formula is C22H37IN4O. The Balaban J connectivity index is 0.00000280. The van der Waals surface area contributed by atoms with Crippen molar-refractivity contribution in [2.75, 3.05) is 39.3 Å². The third-order valence-corrected chi connectivity index (χ3v) is 5.46. The van der Waals surface area contributed by atoms with E-state index in [2.05, 4.69) is 40.7 Å². The maximum Gasteiger partial charge on any atom is 0.191 e. The molecule has 1 atom stereocenters. The summed E-state index contributed by atoms with van der Waals surface area (Å²) in [7, 11) is 0. The van der Waals surface area contributed by atoms with Crippen molar-refractivity contribution >= 4 is 29.9 Å². The summed E-state index contributed by atoms with van der Waals surface area (Å²) >= 11 is 0. The second kappa shape index (κ2) is 13.2. The van der Waals surface area contributed by atoms with Gasteiger partial charge in [0.1, 0.15) is 5.75 Å². The zero-order valence-corrected chi connectivity index (χ0v) is 19.6. The van der Waals surface area contributed by atoms with Gasteiger partial charge < -0.3 is 20.3 Å². The molecule has 1 fully saturated rings. The van der Waals surface area contributed by atoms with Crippen molar-refractivity contribution in [1.29, 1.82) is 0 Å². The molecule has 0 aromatic heterocycles. The van der Waals surface area contributed by atoms with Gasteiger partial charge in [-0.2, -0.15) is 0 Å². The molecule has 1 aromatic carbocycles. The minimum absolute atomic E-state index is 0. The topological polar surface area (TPSA) is 48.9 Å². The number of unbranched alkanes of at least 4 members (excludes halogenated alkanes) is 2. The van der Waals surface area contributed by atoms with Gasteiger partial charge in [0.2, 0.25) is 0 Å². The number of likely N-dealkylation sites (tertiary alicyclic amines) is 1. The molecule has 3 rings (SSSR count). The molecule has 6 heteroatoms. The number of guanidine groups is 1. The highest BCUT2D eigenvalue weighted by atomic mass is 127. The zero-order valence-electron chi connectivity index (χ0n) is 17.3. The largest absolute Gasteiger partial charge is 0.493 e. The lowest BCUT2D eigenvalue weighted by Gasteiger charge is -2.28. The molecule has 158 valence electrons. The number of fused-ring (bicyclic) bond motifs is 1. The fraction of sp³-hybridized carbons (Fsp3) is 0.682. The number of hydrogen-bond donors (Lipinski definition) is 2. The number of nitrogens with zero attached hydrogens (tertiary/aromatic N) is 2. The summed E-state index contributed by atoms with van der Waals surface area (Å²) < 4.78 is 5.77. The van der Waals surface area contributed by atoms with Gasteiger partial charge in [0.25, 0.3) is 0 Å². The van der Waals surface area contributed by atoms with E-state index in [9.17, 15) is 0 Å². The van der Waals surface area contributed by atoms with Gasteiger partial charge in [-0.15, -0.1) is 24.0 Å². The van der Waals surface area contributed by atoms with E-state index >= 15 is 0 Å². The first-order valence-electron chi connectivity index (χ1n) is 10.9. The number of aliphatic imine (C=N–C) groups is 1. The average Bonchev–Trinajstić information content (AvgIpc) is 2.71. The first kappa shape index (κ1) is 23.3. The number of rotatable bonds is 8. The van der Waals surface area contributed by atoms with Gasteiger partial charge in [-0.05, 0) is 58.3 Å². The number of para-hydroxylation sites is 1. The van der Waals surface area contributed by atoms with E-state index in [1.165, 1.54) is 57.3 Å². The molecule has 0 radical (unpaired) electrons. The molecular weight excluding hydrogens is 463 g/mol. The van der Waals surface area contributed by atoms with Gasteiger partial charge >= 0.3 is 0 Å². The molecule has 0 amide bonds. The Morgan fingerprint density at radius 2 is 1.96 bits per heavy atom. The highest BCUT2D eigenvalue weighted by molar-refractivity contribution is 14.0. The van der Waals surface area contributed by atoms with Gasteiger partial charge in [-0.3, -0.25) is 4.99 Å². The Morgan fingerprint density at radius 3 is 2.79 bits per heavy atom. The van der Waals surface area contributed by atoms with Crippen molar-refractivity contribution in [3.8, 4) is 5.75 Å². The molecule has 2 heterocycles. The smallest absolute Gasteiger partial charge is 0.191 e. The van der Waals surface area contributed by atoms with Gasteiger partial charge in [-0.25, -0.2) is 0 Å². The molecule has 1 saturated heterocycles. The van der Waals surface area contributed by atoms with Crippen LogP contribution in [-0.2, 0) is 0 Å². The number of halogens is 1. The van der Waals surface area contributed by atoms with Crippen LogP contribution in [0.5, 0.6) is 5.75 Å². The number of nitrogens with one attached hydrogen (secondary N) is 2. The summed E-state index contributed by atoms with van der Waals surface area (Å²) in [4.78, 5) is 7.43. The van der Waals surface area contributed by atoms with Crippen LogP contribution in [0.4, 0.5) is 0 Å². The standard InChI is InChI=1S/C22H36N4O.HI/c1-2-23-22(24-14-7-3-8-15-26-16-9-4-10-17-26)25-20-13-18-27-21-12-6-5-11-19(20)21;/h5-6,11-12,20H,2-4,7-10,13-18H2,1H3,(H2,23,24,25);1H. The van der Waals surface area contributed by atoms with Gasteiger partial charge in [-0.1, -0.05) is 31.0 Å².